The second kappa shape index (κ2) is 8.83. The monoisotopic (exact) mass is 392 g/mol. The van der Waals surface area contributed by atoms with Gasteiger partial charge in [-0.05, 0) is 44.4 Å². The van der Waals surface area contributed by atoms with Crippen LogP contribution in [0, 0.1) is 20.8 Å². The minimum Gasteiger partial charge on any atom is -0.430 e. The van der Waals surface area contributed by atoms with Crippen molar-refractivity contribution >= 4 is 29.4 Å². The molecule has 9 heteroatoms. The summed E-state index contributed by atoms with van der Waals surface area (Å²) in [7, 11) is 1.40. The van der Waals surface area contributed by atoms with E-state index in [0.29, 0.717) is 27.9 Å². The molecule has 1 aromatic rings. The van der Waals surface area contributed by atoms with Crippen LogP contribution in [-0.2, 0) is 19.0 Å². The zero-order valence-electron chi connectivity index (χ0n) is 16.6. The number of hydrogen-bond acceptors (Lipinski definition) is 7. The van der Waals surface area contributed by atoms with Crippen molar-refractivity contribution in [3.05, 3.63) is 27.8 Å². The molecule has 1 fully saturated rings. The Hall–Kier alpha value is -2.94. The lowest BCUT2D eigenvalue weighted by atomic mass is 9.89. The van der Waals surface area contributed by atoms with Gasteiger partial charge in [-0.2, -0.15) is 0 Å². The van der Waals surface area contributed by atoms with Crippen LogP contribution in [0.3, 0.4) is 0 Å². The van der Waals surface area contributed by atoms with Crippen molar-refractivity contribution in [2.45, 2.75) is 33.8 Å². The van der Waals surface area contributed by atoms with Gasteiger partial charge < -0.3 is 24.8 Å². The largest absolute Gasteiger partial charge is 0.508 e. The van der Waals surface area contributed by atoms with Crippen LogP contribution in [0.25, 0.3) is 0 Å². The first-order chi connectivity index (χ1) is 13.2. The number of anilines is 1. The predicted octanol–water partition coefficient (Wildman–Crippen LogP) is 1.66. The molecule has 2 rings (SSSR count). The molecule has 1 heterocycles. The molecule has 2 amide bonds. The van der Waals surface area contributed by atoms with Gasteiger partial charge in [0.25, 0.3) is 5.91 Å². The van der Waals surface area contributed by atoms with Crippen molar-refractivity contribution in [1.29, 1.82) is 0 Å². The summed E-state index contributed by atoms with van der Waals surface area (Å²) in [6.45, 7) is 6.47. The van der Waals surface area contributed by atoms with E-state index in [1.807, 2.05) is 0 Å². The van der Waals surface area contributed by atoms with Gasteiger partial charge in [0, 0.05) is 23.9 Å². The number of carbonyl (C=O) groups is 4. The van der Waals surface area contributed by atoms with Crippen LogP contribution in [0.4, 0.5) is 10.5 Å². The number of cyclic esters (lactones) is 2. The number of carbonyl (C=O) groups excluding carboxylic acids is 4. The smallest absolute Gasteiger partial charge is 0.430 e. The lowest BCUT2D eigenvalue weighted by Crippen LogP contribution is -2.34. The van der Waals surface area contributed by atoms with Gasteiger partial charge in [-0.1, -0.05) is 0 Å². The SMILES string of the molecule is COCC(=O)Nc1c(C)c(C(C)=O)c(C)c(C(=O)NCC2COC(=O)O2)c1C. The Bertz CT molecular complexity index is 832. The first-order valence-electron chi connectivity index (χ1n) is 8.72. The summed E-state index contributed by atoms with van der Waals surface area (Å²) in [4.78, 5) is 48.0. The fraction of sp³-hybridized carbons (Fsp3) is 0.474. The molecule has 1 aromatic carbocycles. The highest BCUT2D eigenvalue weighted by molar-refractivity contribution is 6.07. The van der Waals surface area contributed by atoms with Gasteiger partial charge in [-0.15, -0.1) is 0 Å². The Balaban J connectivity index is 2.39. The minimum absolute atomic E-state index is 0.0575. The summed E-state index contributed by atoms with van der Waals surface area (Å²) in [5, 5.41) is 5.40. The lowest BCUT2D eigenvalue weighted by Gasteiger charge is -2.21. The Morgan fingerprint density at radius 1 is 1.11 bits per heavy atom. The lowest BCUT2D eigenvalue weighted by molar-refractivity contribution is -0.119. The van der Waals surface area contributed by atoms with E-state index in [2.05, 4.69) is 15.4 Å². The second-order valence-corrected chi connectivity index (χ2v) is 6.55. The van der Waals surface area contributed by atoms with Crippen LogP contribution in [-0.4, -0.2) is 56.7 Å². The first-order valence-corrected chi connectivity index (χ1v) is 8.72. The predicted molar refractivity (Wildman–Crippen MR) is 99.7 cm³/mol. The summed E-state index contributed by atoms with van der Waals surface area (Å²) < 4.78 is 14.4. The number of benzene rings is 1. The summed E-state index contributed by atoms with van der Waals surface area (Å²) in [5.74, 6) is -1.06. The number of nitrogens with one attached hydrogen (secondary N) is 2. The fourth-order valence-electron chi connectivity index (χ4n) is 3.34. The topological polar surface area (TPSA) is 120 Å². The number of Topliss-reactive ketones (excluding diaryl/α,β-unsaturated/α-hetero) is 1. The van der Waals surface area contributed by atoms with Crippen molar-refractivity contribution < 1.29 is 33.4 Å². The number of amides is 2. The minimum atomic E-state index is -0.774. The Labute approximate surface area is 162 Å². The fourth-order valence-corrected chi connectivity index (χ4v) is 3.34. The van der Waals surface area contributed by atoms with Gasteiger partial charge in [-0.25, -0.2) is 4.79 Å². The van der Waals surface area contributed by atoms with Crippen LogP contribution >= 0.6 is 0 Å². The number of rotatable bonds is 7. The molecule has 1 unspecified atom stereocenters. The van der Waals surface area contributed by atoms with Crippen molar-refractivity contribution in [3.63, 3.8) is 0 Å². The molecule has 0 bridgehead atoms. The average Bonchev–Trinajstić information content (AvgIpc) is 3.02. The van der Waals surface area contributed by atoms with Crippen LogP contribution in [0.5, 0.6) is 0 Å². The number of ketones is 1. The Morgan fingerprint density at radius 2 is 1.75 bits per heavy atom. The third-order valence-electron chi connectivity index (χ3n) is 4.51. The standard InChI is InChI=1S/C19H24N2O7/c1-9-15(12(4)22)10(2)17(21-14(23)8-26-5)11(3)16(9)18(24)20-6-13-7-27-19(25)28-13/h13H,6-8H2,1-5H3,(H,20,24)(H,21,23). The highest BCUT2D eigenvalue weighted by Gasteiger charge is 2.28. The average molecular weight is 392 g/mol. The number of ether oxygens (including phenoxy) is 3. The molecule has 0 aromatic heterocycles. The van der Waals surface area contributed by atoms with E-state index in [1.54, 1.807) is 20.8 Å². The molecule has 1 saturated heterocycles. The highest BCUT2D eigenvalue weighted by atomic mass is 16.8. The van der Waals surface area contributed by atoms with Crippen LogP contribution in [0.2, 0.25) is 0 Å². The molecule has 0 saturated carbocycles. The molecule has 28 heavy (non-hydrogen) atoms. The quantitative estimate of drug-likeness (QED) is 0.535. The zero-order chi connectivity index (χ0) is 21.0. The maximum absolute atomic E-state index is 12.8. The highest BCUT2D eigenvalue weighted by Crippen LogP contribution is 2.31. The summed E-state index contributed by atoms with van der Waals surface area (Å²) >= 11 is 0. The van der Waals surface area contributed by atoms with Gasteiger partial charge >= 0.3 is 6.16 Å². The van der Waals surface area contributed by atoms with Crippen LogP contribution in [0.1, 0.15) is 44.3 Å². The van der Waals surface area contributed by atoms with Crippen LogP contribution < -0.4 is 10.6 Å². The van der Waals surface area contributed by atoms with E-state index in [1.165, 1.54) is 14.0 Å². The zero-order valence-corrected chi connectivity index (χ0v) is 16.6. The van der Waals surface area contributed by atoms with E-state index in [0.717, 1.165) is 0 Å². The normalized spacial score (nSPS) is 15.6. The Kier molecular flexibility index (Phi) is 6.74. The Morgan fingerprint density at radius 3 is 2.29 bits per heavy atom. The summed E-state index contributed by atoms with van der Waals surface area (Å²) in [6, 6.07) is 0. The van der Waals surface area contributed by atoms with E-state index in [9.17, 15) is 19.2 Å². The van der Waals surface area contributed by atoms with Gasteiger partial charge in [0.2, 0.25) is 5.91 Å². The molecule has 1 atom stereocenters. The molecule has 0 spiro atoms. The van der Waals surface area contributed by atoms with Crippen molar-refractivity contribution in [2.75, 3.05) is 32.2 Å². The second-order valence-electron chi connectivity index (χ2n) is 6.55. The molecule has 9 nitrogen and oxygen atoms in total. The third-order valence-corrected chi connectivity index (χ3v) is 4.51. The molecular weight excluding hydrogens is 368 g/mol. The summed E-state index contributed by atoms with van der Waals surface area (Å²) in [5.41, 5.74) is 2.69. The van der Waals surface area contributed by atoms with Crippen molar-refractivity contribution in [2.24, 2.45) is 0 Å². The maximum Gasteiger partial charge on any atom is 0.508 e. The summed E-state index contributed by atoms with van der Waals surface area (Å²) in [6.07, 6.45) is -1.35. The van der Waals surface area contributed by atoms with E-state index in [-0.39, 0.29) is 31.1 Å². The van der Waals surface area contributed by atoms with E-state index >= 15 is 0 Å². The number of hydrogen-bond donors (Lipinski definition) is 2. The van der Waals surface area contributed by atoms with Crippen molar-refractivity contribution in [3.8, 4) is 0 Å². The van der Waals surface area contributed by atoms with Gasteiger partial charge in [0.1, 0.15) is 13.2 Å². The van der Waals surface area contributed by atoms with Crippen LogP contribution in [0.15, 0.2) is 0 Å². The molecular formula is C19H24N2O7. The third kappa shape index (κ3) is 4.48. The van der Waals surface area contributed by atoms with E-state index < -0.39 is 24.1 Å². The van der Waals surface area contributed by atoms with Gasteiger partial charge in [-0.3, -0.25) is 14.4 Å². The molecule has 0 aliphatic carbocycles. The molecule has 1 aliphatic heterocycles. The number of methoxy groups -OCH3 is 1. The maximum atomic E-state index is 12.8. The van der Waals surface area contributed by atoms with Gasteiger partial charge in [0.05, 0.1) is 6.54 Å². The van der Waals surface area contributed by atoms with Crippen molar-refractivity contribution in [1.82, 2.24) is 5.32 Å². The molecule has 2 N–H and O–H groups in total. The molecule has 1 aliphatic rings. The first kappa shape index (κ1) is 21.4. The van der Waals surface area contributed by atoms with E-state index in [4.69, 9.17) is 9.47 Å². The van der Waals surface area contributed by atoms with Gasteiger partial charge in [0.15, 0.2) is 11.9 Å². The molecule has 0 radical (unpaired) electrons. The molecule has 152 valence electrons.